The molecule has 184 valence electrons. The van der Waals surface area contributed by atoms with Crippen LogP contribution in [0.4, 0.5) is 11.4 Å². The number of rotatable bonds is 6. The number of carbonyl (C=O) groups excluding carboxylic acids is 1. The SMILES string of the molecule is O=C(Cn1c(=O)c2nc(-c3ccc(Br)cc3)cn2c2cc([N+](=O)[O-])c([N+](=O)[O-])cc21)c1ccc(Br)cc1. The van der Waals surface area contributed by atoms with Gasteiger partial charge in [-0.05, 0) is 24.3 Å². The molecule has 2 heterocycles. The summed E-state index contributed by atoms with van der Waals surface area (Å²) in [5.41, 5.74) is -0.805. The Morgan fingerprint density at radius 1 is 0.865 bits per heavy atom. The van der Waals surface area contributed by atoms with Crippen molar-refractivity contribution in [2.24, 2.45) is 0 Å². The van der Waals surface area contributed by atoms with Crippen molar-refractivity contribution >= 4 is 65.7 Å². The highest BCUT2D eigenvalue weighted by atomic mass is 79.9. The third kappa shape index (κ3) is 4.42. The van der Waals surface area contributed by atoms with Crippen molar-refractivity contribution < 1.29 is 14.6 Å². The minimum Gasteiger partial charge on any atom is -0.296 e. The van der Waals surface area contributed by atoms with Crippen LogP contribution in [0.5, 0.6) is 0 Å². The molecule has 0 radical (unpaired) electrons. The average Bonchev–Trinajstić information content (AvgIpc) is 3.32. The van der Waals surface area contributed by atoms with Gasteiger partial charge in [-0.3, -0.25) is 38.8 Å². The van der Waals surface area contributed by atoms with Gasteiger partial charge in [-0.25, -0.2) is 4.98 Å². The number of carbonyl (C=O) groups is 1. The number of halogens is 2. The van der Waals surface area contributed by atoms with Crippen LogP contribution in [0.15, 0.2) is 80.6 Å². The lowest BCUT2D eigenvalue weighted by atomic mass is 10.1. The van der Waals surface area contributed by atoms with E-state index in [1.54, 1.807) is 48.5 Å². The predicted octanol–water partition coefficient (Wildman–Crippen LogP) is 5.54. The number of hydrogen-bond acceptors (Lipinski definition) is 7. The number of imidazole rings is 1. The molecule has 0 saturated carbocycles. The predicted molar refractivity (Wildman–Crippen MR) is 142 cm³/mol. The molecule has 3 aromatic carbocycles. The fourth-order valence-corrected chi connectivity index (χ4v) is 4.52. The van der Waals surface area contributed by atoms with Crippen LogP contribution in [-0.4, -0.2) is 29.6 Å². The summed E-state index contributed by atoms with van der Waals surface area (Å²) in [6, 6.07) is 15.6. The molecule has 0 amide bonds. The normalized spacial score (nSPS) is 11.2. The van der Waals surface area contributed by atoms with Crippen LogP contribution in [-0.2, 0) is 6.54 Å². The van der Waals surface area contributed by atoms with Gasteiger partial charge in [-0.1, -0.05) is 56.1 Å². The average molecular weight is 627 g/mol. The van der Waals surface area contributed by atoms with Gasteiger partial charge in [0.2, 0.25) is 5.65 Å². The van der Waals surface area contributed by atoms with Crippen molar-refractivity contribution in [2.75, 3.05) is 0 Å². The molecular formula is C24H13Br2N5O6. The number of Topliss-reactive ketones (excluding diaryl/α,β-unsaturated/α-hetero) is 1. The topological polar surface area (TPSA) is 143 Å². The van der Waals surface area contributed by atoms with E-state index in [4.69, 9.17) is 0 Å². The molecule has 0 N–H and O–H groups in total. The van der Waals surface area contributed by atoms with E-state index in [-0.39, 0.29) is 16.7 Å². The zero-order valence-electron chi connectivity index (χ0n) is 18.5. The summed E-state index contributed by atoms with van der Waals surface area (Å²) < 4.78 is 4.01. The van der Waals surface area contributed by atoms with E-state index in [1.807, 2.05) is 0 Å². The standard InChI is InChI=1S/C24H13Br2N5O6/c25-15-5-1-13(2-6-15)17-11-28-18-9-20(30(34)35)21(31(36)37)10-19(18)29(24(33)23(28)27-17)12-22(32)14-3-7-16(26)8-4-14/h1-11H,12H2. The Labute approximate surface area is 223 Å². The Balaban J connectivity index is 1.81. The zero-order valence-corrected chi connectivity index (χ0v) is 21.7. The van der Waals surface area contributed by atoms with Crippen LogP contribution in [0, 0.1) is 20.2 Å². The lowest BCUT2D eigenvalue weighted by Crippen LogP contribution is -2.27. The van der Waals surface area contributed by atoms with Crippen molar-refractivity contribution in [1.82, 2.24) is 14.0 Å². The van der Waals surface area contributed by atoms with Crippen molar-refractivity contribution in [1.29, 1.82) is 0 Å². The number of ketones is 1. The van der Waals surface area contributed by atoms with Crippen molar-refractivity contribution in [2.45, 2.75) is 6.54 Å². The zero-order chi connectivity index (χ0) is 26.4. The van der Waals surface area contributed by atoms with E-state index in [0.29, 0.717) is 16.8 Å². The Hall–Kier alpha value is -4.23. The second-order valence-corrected chi connectivity index (χ2v) is 9.82. The van der Waals surface area contributed by atoms with Gasteiger partial charge in [-0.2, -0.15) is 0 Å². The molecule has 0 saturated heterocycles. The van der Waals surface area contributed by atoms with E-state index in [1.165, 1.54) is 10.6 Å². The molecule has 0 unspecified atom stereocenters. The van der Waals surface area contributed by atoms with Gasteiger partial charge in [0.1, 0.15) is 0 Å². The lowest BCUT2D eigenvalue weighted by molar-refractivity contribution is -0.422. The first-order chi connectivity index (χ1) is 17.6. The number of nitro benzene ring substituents is 2. The fraction of sp³-hybridized carbons (Fsp3) is 0.0417. The van der Waals surface area contributed by atoms with E-state index >= 15 is 0 Å². The second-order valence-electron chi connectivity index (χ2n) is 7.99. The summed E-state index contributed by atoms with van der Waals surface area (Å²) in [5, 5.41) is 23.3. The van der Waals surface area contributed by atoms with Crippen molar-refractivity contribution in [3.63, 3.8) is 0 Å². The highest BCUT2D eigenvalue weighted by Crippen LogP contribution is 2.33. The number of hydrogen-bond donors (Lipinski definition) is 0. The summed E-state index contributed by atoms with van der Waals surface area (Å²) in [6.07, 6.45) is 1.53. The molecule has 0 aliphatic rings. The highest BCUT2D eigenvalue weighted by Gasteiger charge is 2.28. The third-order valence-corrected chi connectivity index (χ3v) is 6.82. The van der Waals surface area contributed by atoms with Crippen LogP contribution < -0.4 is 5.56 Å². The third-order valence-electron chi connectivity index (χ3n) is 5.77. The maximum atomic E-state index is 13.6. The summed E-state index contributed by atoms with van der Waals surface area (Å²) in [4.78, 5) is 52.6. The minimum atomic E-state index is -0.895. The van der Waals surface area contributed by atoms with Crippen LogP contribution in [0.3, 0.4) is 0 Å². The Morgan fingerprint density at radius 3 is 1.97 bits per heavy atom. The van der Waals surface area contributed by atoms with Gasteiger partial charge in [0.25, 0.3) is 5.56 Å². The summed E-state index contributed by atoms with van der Waals surface area (Å²) in [6.45, 7) is -0.455. The first-order valence-electron chi connectivity index (χ1n) is 10.6. The monoisotopic (exact) mass is 625 g/mol. The van der Waals surface area contributed by atoms with Crippen LogP contribution in [0.25, 0.3) is 27.9 Å². The van der Waals surface area contributed by atoms with Gasteiger partial charge in [0.05, 0.1) is 33.1 Å². The summed E-state index contributed by atoms with van der Waals surface area (Å²) >= 11 is 6.66. The summed E-state index contributed by atoms with van der Waals surface area (Å²) in [7, 11) is 0. The number of nitro groups is 2. The number of nitrogens with zero attached hydrogens (tertiary/aromatic N) is 5. The molecule has 2 aromatic heterocycles. The van der Waals surface area contributed by atoms with Crippen molar-refractivity contribution in [3.8, 4) is 11.3 Å². The lowest BCUT2D eigenvalue weighted by Gasteiger charge is -2.12. The molecule has 5 rings (SSSR count). The molecule has 13 heteroatoms. The first kappa shape index (κ1) is 24.5. The molecule has 0 bridgehead atoms. The maximum absolute atomic E-state index is 13.6. The van der Waals surface area contributed by atoms with E-state index in [2.05, 4.69) is 36.8 Å². The van der Waals surface area contributed by atoms with E-state index < -0.39 is 39.1 Å². The van der Waals surface area contributed by atoms with Gasteiger partial charge in [-0.15, -0.1) is 0 Å². The molecule has 0 fully saturated rings. The molecule has 0 spiro atoms. The largest absolute Gasteiger partial charge is 0.348 e. The molecule has 5 aromatic rings. The Bertz CT molecular complexity index is 1810. The van der Waals surface area contributed by atoms with Crippen LogP contribution in [0.1, 0.15) is 10.4 Å². The van der Waals surface area contributed by atoms with Gasteiger partial charge < -0.3 is 0 Å². The number of aromatic nitrogens is 3. The molecule has 0 aliphatic heterocycles. The second kappa shape index (κ2) is 9.33. The summed E-state index contributed by atoms with van der Waals surface area (Å²) in [5.74, 6) is -0.430. The molecule has 0 atom stereocenters. The fourth-order valence-electron chi connectivity index (χ4n) is 3.99. The number of fused-ring (bicyclic) bond motifs is 3. The smallest absolute Gasteiger partial charge is 0.296 e. The number of benzene rings is 3. The Kier molecular flexibility index (Phi) is 6.17. The van der Waals surface area contributed by atoms with Crippen molar-refractivity contribution in [3.05, 3.63) is 112 Å². The van der Waals surface area contributed by atoms with Crippen LogP contribution >= 0.6 is 31.9 Å². The van der Waals surface area contributed by atoms with Gasteiger partial charge in [0, 0.05) is 38.4 Å². The van der Waals surface area contributed by atoms with E-state index in [0.717, 1.165) is 25.6 Å². The Morgan fingerprint density at radius 2 is 1.41 bits per heavy atom. The quantitative estimate of drug-likeness (QED) is 0.137. The highest BCUT2D eigenvalue weighted by molar-refractivity contribution is 9.10. The molecule has 0 aliphatic carbocycles. The maximum Gasteiger partial charge on any atom is 0.348 e. The van der Waals surface area contributed by atoms with Gasteiger partial charge >= 0.3 is 11.4 Å². The van der Waals surface area contributed by atoms with Crippen LogP contribution in [0.2, 0.25) is 0 Å². The molecule has 37 heavy (non-hydrogen) atoms. The first-order valence-corrected chi connectivity index (χ1v) is 12.2. The molecular weight excluding hydrogens is 614 g/mol. The van der Waals surface area contributed by atoms with E-state index in [9.17, 15) is 29.8 Å². The molecule has 11 nitrogen and oxygen atoms in total. The minimum absolute atomic E-state index is 0.0139. The van der Waals surface area contributed by atoms with Gasteiger partial charge in [0.15, 0.2) is 5.78 Å².